The van der Waals surface area contributed by atoms with Gasteiger partial charge in [-0.15, -0.1) is 0 Å². The summed E-state index contributed by atoms with van der Waals surface area (Å²) in [6.07, 6.45) is -0.304. The summed E-state index contributed by atoms with van der Waals surface area (Å²) in [6, 6.07) is 5.47. The van der Waals surface area contributed by atoms with Crippen molar-refractivity contribution in [1.29, 1.82) is 0 Å². The Kier molecular flexibility index (Phi) is 5.37. The number of hydrogen-bond acceptors (Lipinski definition) is 4. The number of nitro groups is 1. The zero-order valence-electron chi connectivity index (χ0n) is 7.60. The van der Waals surface area contributed by atoms with Crippen LogP contribution in [-0.4, -0.2) is 10.9 Å². The van der Waals surface area contributed by atoms with Crippen LogP contribution in [0.1, 0.15) is 5.56 Å². The van der Waals surface area contributed by atoms with E-state index >= 15 is 0 Å². The van der Waals surface area contributed by atoms with Crippen molar-refractivity contribution in [3.8, 4) is 0 Å². The van der Waals surface area contributed by atoms with Crippen LogP contribution in [0.3, 0.4) is 0 Å². The summed E-state index contributed by atoms with van der Waals surface area (Å²) in [6.45, 7) is 0. The van der Waals surface area contributed by atoms with Crippen LogP contribution in [0.15, 0.2) is 24.3 Å². The average molecular weight is 203 g/mol. The van der Waals surface area contributed by atoms with Gasteiger partial charge in [-0.3, -0.25) is 10.1 Å². The maximum atomic E-state index is 10.3. The van der Waals surface area contributed by atoms with Crippen molar-refractivity contribution in [2.45, 2.75) is 6.42 Å². The second-order valence-electron chi connectivity index (χ2n) is 2.48. The largest absolute Gasteiger partial charge is 1.00 e. The number of aliphatic carboxylic acids is 1. The quantitative estimate of drug-likeness (QED) is 0.296. The number of benzene rings is 1. The molecule has 1 rings (SSSR count). The standard InChI is InChI=1S/C8H7NO4.Na/c10-8(11)5-6-2-1-3-7(4-6)9(12)13;/h1-4H,5H2,(H,10,11);/q;+1/p-1. The molecular weight excluding hydrogens is 197 g/mol. The van der Waals surface area contributed by atoms with Crippen LogP contribution in [0, 0.1) is 10.1 Å². The molecule has 5 nitrogen and oxygen atoms in total. The first kappa shape index (κ1) is 13.1. The van der Waals surface area contributed by atoms with Gasteiger partial charge in [-0.1, -0.05) is 12.1 Å². The van der Waals surface area contributed by atoms with Crippen LogP contribution in [-0.2, 0) is 11.2 Å². The van der Waals surface area contributed by atoms with Crippen molar-refractivity contribution >= 4 is 11.7 Å². The zero-order chi connectivity index (χ0) is 9.84. The molecule has 0 fully saturated rings. The van der Waals surface area contributed by atoms with Gasteiger partial charge in [0.15, 0.2) is 0 Å². The molecule has 0 amide bonds. The van der Waals surface area contributed by atoms with E-state index in [1.807, 2.05) is 0 Å². The molecule has 0 heterocycles. The molecule has 0 aromatic heterocycles. The molecule has 1 aromatic rings. The predicted octanol–water partition coefficient (Wildman–Crippen LogP) is -3.11. The molecule has 0 aliphatic heterocycles. The van der Waals surface area contributed by atoms with Crippen LogP contribution in [0.2, 0.25) is 0 Å². The number of carbonyl (C=O) groups excluding carboxylic acids is 1. The Hall–Kier alpha value is -0.910. The smallest absolute Gasteiger partial charge is 0.550 e. The van der Waals surface area contributed by atoms with E-state index in [0.29, 0.717) is 5.56 Å². The molecule has 0 radical (unpaired) electrons. The van der Waals surface area contributed by atoms with Crippen LogP contribution < -0.4 is 34.7 Å². The van der Waals surface area contributed by atoms with Crippen molar-refractivity contribution in [2.75, 3.05) is 0 Å². The summed E-state index contributed by atoms with van der Waals surface area (Å²) in [7, 11) is 0. The number of carboxylic acid groups (broad SMARTS) is 1. The van der Waals surface area contributed by atoms with Gasteiger partial charge in [-0.05, 0) is 5.56 Å². The second-order valence-corrected chi connectivity index (χ2v) is 2.48. The van der Waals surface area contributed by atoms with E-state index in [-0.39, 0.29) is 41.7 Å². The fourth-order valence-corrected chi connectivity index (χ4v) is 0.947. The first-order valence-corrected chi connectivity index (χ1v) is 3.53. The Morgan fingerprint density at radius 3 is 2.57 bits per heavy atom. The maximum Gasteiger partial charge on any atom is 1.00 e. The van der Waals surface area contributed by atoms with Gasteiger partial charge >= 0.3 is 29.6 Å². The van der Waals surface area contributed by atoms with Crippen molar-refractivity contribution < 1.29 is 44.4 Å². The summed E-state index contributed by atoms with van der Waals surface area (Å²) < 4.78 is 0. The van der Waals surface area contributed by atoms with Gasteiger partial charge in [0.1, 0.15) is 0 Å². The fraction of sp³-hybridized carbons (Fsp3) is 0.125. The molecular formula is C8H6NNaO4. The van der Waals surface area contributed by atoms with Crippen molar-refractivity contribution in [1.82, 2.24) is 0 Å². The Balaban J connectivity index is 0.00000169. The van der Waals surface area contributed by atoms with Gasteiger partial charge in [-0.25, -0.2) is 0 Å². The molecule has 1 aromatic carbocycles. The first-order chi connectivity index (χ1) is 6.09. The Morgan fingerprint density at radius 2 is 2.07 bits per heavy atom. The molecule has 0 aliphatic carbocycles. The molecule has 14 heavy (non-hydrogen) atoms. The van der Waals surface area contributed by atoms with Gasteiger partial charge in [-0.2, -0.15) is 0 Å². The van der Waals surface area contributed by atoms with E-state index in [1.165, 1.54) is 24.3 Å². The normalized spacial score (nSPS) is 8.86. The molecule has 0 saturated carbocycles. The third-order valence-electron chi connectivity index (χ3n) is 1.47. The van der Waals surface area contributed by atoms with Crippen LogP contribution in [0.4, 0.5) is 5.69 Å². The molecule has 0 aliphatic rings. The number of hydrogen-bond donors (Lipinski definition) is 0. The van der Waals surface area contributed by atoms with Gasteiger partial charge in [0.05, 0.1) is 4.92 Å². The summed E-state index contributed by atoms with van der Waals surface area (Å²) in [4.78, 5) is 19.9. The van der Waals surface area contributed by atoms with Crippen molar-refractivity contribution in [3.63, 3.8) is 0 Å². The van der Waals surface area contributed by atoms with Crippen molar-refractivity contribution in [3.05, 3.63) is 39.9 Å². The molecule has 6 heteroatoms. The first-order valence-electron chi connectivity index (χ1n) is 3.53. The van der Waals surface area contributed by atoms with Gasteiger partial charge in [0.2, 0.25) is 0 Å². The predicted molar refractivity (Wildman–Crippen MR) is 41.8 cm³/mol. The van der Waals surface area contributed by atoms with E-state index in [0.717, 1.165) is 0 Å². The molecule has 0 bridgehead atoms. The summed E-state index contributed by atoms with van der Waals surface area (Å²) in [5.41, 5.74) is 0.257. The minimum Gasteiger partial charge on any atom is -0.550 e. The van der Waals surface area contributed by atoms with Gasteiger partial charge < -0.3 is 9.90 Å². The fourth-order valence-electron chi connectivity index (χ4n) is 0.947. The third kappa shape index (κ3) is 3.87. The minimum atomic E-state index is -1.25. The van der Waals surface area contributed by atoms with E-state index in [2.05, 4.69) is 0 Å². The SMILES string of the molecule is O=C([O-])Cc1cccc([N+](=O)[O-])c1.[Na+]. The number of carboxylic acids is 1. The Morgan fingerprint density at radius 1 is 1.43 bits per heavy atom. The van der Waals surface area contributed by atoms with Crippen LogP contribution >= 0.6 is 0 Å². The zero-order valence-corrected chi connectivity index (χ0v) is 9.60. The van der Waals surface area contributed by atoms with E-state index in [1.54, 1.807) is 0 Å². The van der Waals surface area contributed by atoms with E-state index < -0.39 is 10.9 Å². The van der Waals surface area contributed by atoms with Gasteiger partial charge in [0.25, 0.3) is 5.69 Å². The van der Waals surface area contributed by atoms with Gasteiger partial charge in [0, 0.05) is 24.5 Å². The monoisotopic (exact) mass is 203 g/mol. The molecule has 0 spiro atoms. The Bertz CT molecular complexity index is 353. The number of carbonyl (C=O) groups is 1. The summed E-state index contributed by atoms with van der Waals surface area (Å²) >= 11 is 0. The summed E-state index contributed by atoms with van der Waals surface area (Å²) in [5.74, 6) is -1.25. The number of nitro benzene ring substituents is 1. The number of rotatable bonds is 3. The minimum absolute atomic E-state index is 0. The van der Waals surface area contributed by atoms with E-state index in [9.17, 15) is 20.0 Å². The third-order valence-corrected chi connectivity index (χ3v) is 1.47. The molecule has 0 saturated heterocycles. The average Bonchev–Trinajstić information content (AvgIpc) is 2.03. The second kappa shape index (κ2) is 5.74. The maximum absolute atomic E-state index is 10.3. The summed E-state index contributed by atoms with van der Waals surface area (Å²) in [5, 5.41) is 20.5. The molecule has 0 unspecified atom stereocenters. The number of nitrogens with zero attached hydrogens (tertiary/aromatic N) is 1. The van der Waals surface area contributed by atoms with Crippen molar-refractivity contribution in [2.24, 2.45) is 0 Å². The molecule has 0 atom stereocenters. The topological polar surface area (TPSA) is 83.3 Å². The molecule has 0 N–H and O–H groups in total. The number of non-ortho nitro benzene ring substituents is 1. The van der Waals surface area contributed by atoms with E-state index in [4.69, 9.17) is 0 Å². The van der Waals surface area contributed by atoms with Crippen LogP contribution in [0.5, 0.6) is 0 Å². The van der Waals surface area contributed by atoms with Crippen LogP contribution in [0.25, 0.3) is 0 Å². The Labute approximate surface area is 102 Å². The molecule has 68 valence electrons.